The molecule has 0 saturated carbocycles. The Kier molecular flexibility index (Phi) is 4.86. The van der Waals surface area contributed by atoms with Crippen molar-refractivity contribution in [3.8, 4) is 0 Å². The number of hydrogen-bond acceptors (Lipinski definition) is 1. The molecule has 108 valence electrons. The van der Waals surface area contributed by atoms with E-state index >= 15 is 0 Å². The van der Waals surface area contributed by atoms with Crippen LogP contribution in [0.25, 0.3) is 0 Å². The normalized spacial score (nSPS) is 14.6. The van der Waals surface area contributed by atoms with Crippen molar-refractivity contribution in [2.24, 2.45) is 0 Å². The van der Waals surface area contributed by atoms with E-state index in [4.69, 9.17) is 22.2 Å². The Morgan fingerprint density at radius 3 is 1.63 bits per heavy atom. The molecule has 1 nitrogen and oxygen atoms in total. The monoisotopic (exact) mass is 349 g/mol. The highest BCUT2D eigenvalue weighted by Crippen LogP contribution is 2.51. The van der Waals surface area contributed by atoms with Gasteiger partial charge >= 0.3 is 0 Å². The fraction of sp³-hybridized carbons (Fsp3) is 0.615. The number of hydrogen-bond donors (Lipinski definition) is 0. The Morgan fingerprint density at radius 1 is 0.895 bits per heavy atom. The van der Waals surface area contributed by atoms with E-state index in [0.717, 1.165) is 5.69 Å². The van der Waals surface area contributed by atoms with Crippen LogP contribution in [0, 0.1) is 0 Å². The smallest absolute Gasteiger partial charge is 0.254 e. The van der Waals surface area contributed by atoms with E-state index in [2.05, 4.69) is 62.9 Å². The highest BCUT2D eigenvalue weighted by molar-refractivity contribution is 7.52. The van der Waals surface area contributed by atoms with Gasteiger partial charge in [0.1, 0.15) is 0 Å². The average Bonchev–Trinajstić information content (AvgIpc) is 2.12. The fourth-order valence-electron chi connectivity index (χ4n) is 4.02. The lowest BCUT2D eigenvalue weighted by Crippen LogP contribution is -2.73. The molecular weight excluding hydrogens is 325 g/mol. The largest absolute Gasteiger partial charge is 0.262 e. The van der Waals surface area contributed by atoms with E-state index in [-0.39, 0.29) is 4.28 Å². The molecular formula is C13H25Cl2NSi3. The van der Waals surface area contributed by atoms with E-state index in [9.17, 15) is 0 Å². The standard InChI is InChI=1S/C13H25Cl2NSi3/c1-17(2,3)13(18(4,5)6,19(7,14)15)12-10-8-9-11-16-12/h8-11H,1-7H3. The molecule has 0 aliphatic rings. The lowest BCUT2D eigenvalue weighted by molar-refractivity contribution is 0.970. The summed E-state index contributed by atoms with van der Waals surface area (Å²) in [6.45, 7) is 14.0. The number of rotatable bonds is 4. The molecule has 0 atom stereocenters. The minimum absolute atomic E-state index is 0.0582. The topological polar surface area (TPSA) is 12.9 Å². The zero-order valence-corrected chi connectivity index (χ0v) is 17.5. The molecule has 0 aliphatic heterocycles. The van der Waals surface area contributed by atoms with Crippen molar-refractivity contribution in [3.05, 3.63) is 30.1 Å². The van der Waals surface area contributed by atoms with Gasteiger partial charge in [-0.3, -0.25) is 4.98 Å². The van der Waals surface area contributed by atoms with Crippen LogP contribution in [0.5, 0.6) is 0 Å². The zero-order valence-electron chi connectivity index (χ0n) is 13.0. The van der Waals surface area contributed by atoms with Crippen LogP contribution in [0.1, 0.15) is 5.69 Å². The van der Waals surface area contributed by atoms with E-state index < -0.39 is 22.8 Å². The van der Waals surface area contributed by atoms with E-state index in [1.54, 1.807) is 0 Å². The Balaban J connectivity index is 3.76. The molecule has 0 unspecified atom stereocenters. The van der Waals surface area contributed by atoms with Gasteiger partial charge in [-0.2, -0.15) is 0 Å². The van der Waals surface area contributed by atoms with Crippen LogP contribution in [0.15, 0.2) is 24.4 Å². The van der Waals surface area contributed by atoms with Gasteiger partial charge in [-0.1, -0.05) is 45.3 Å². The van der Waals surface area contributed by atoms with Crippen LogP contribution < -0.4 is 0 Å². The highest BCUT2D eigenvalue weighted by atomic mass is 35.7. The summed E-state index contributed by atoms with van der Waals surface area (Å²) in [5.74, 6) is 0. The second kappa shape index (κ2) is 5.30. The number of pyridine rings is 1. The molecule has 0 bridgehead atoms. The fourth-order valence-corrected chi connectivity index (χ4v) is 36.8. The maximum atomic E-state index is 6.89. The summed E-state index contributed by atoms with van der Waals surface area (Å²) in [4.78, 5) is 4.69. The van der Waals surface area contributed by atoms with Gasteiger partial charge in [-0.15, -0.1) is 22.2 Å². The maximum Gasteiger partial charge on any atom is 0.254 e. The predicted molar refractivity (Wildman–Crippen MR) is 95.9 cm³/mol. The van der Waals surface area contributed by atoms with E-state index in [1.807, 2.05) is 12.3 Å². The van der Waals surface area contributed by atoms with Crippen LogP contribution in [-0.2, 0) is 4.28 Å². The van der Waals surface area contributed by atoms with Crippen LogP contribution >= 0.6 is 22.2 Å². The van der Waals surface area contributed by atoms with Crippen molar-refractivity contribution < 1.29 is 0 Å². The molecule has 1 aromatic heterocycles. The Bertz CT molecular complexity index is 394. The Labute approximate surface area is 130 Å². The molecule has 0 fully saturated rings. The average molecular weight is 351 g/mol. The molecule has 0 spiro atoms. The highest BCUT2D eigenvalue weighted by Gasteiger charge is 2.65. The van der Waals surface area contributed by atoms with Crippen LogP contribution in [0.2, 0.25) is 45.8 Å². The minimum Gasteiger partial charge on any atom is -0.262 e. The number of aromatic nitrogens is 1. The first-order valence-corrected chi connectivity index (χ1v) is 18.2. The van der Waals surface area contributed by atoms with Gasteiger partial charge < -0.3 is 0 Å². The molecule has 0 radical (unpaired) electrons. The van der Waals surface area contributed by atoms with Crippen LogP contribution in [-0.4, -0.2) is 27.8 Å². The SMILES string of the molecule is C[Si](C)(C)C(c1ccccn1)([Si](C)(C)C)[Si](C)(Cl)Cl. The van der Waals surface area contributed by atoms with Crippen molar-refractivity contribution in [2.75, 3.05) is 0 Å². The van der Waals surface area contributed by atoms with Crippen molar-refractivity contribution >= 4 is 45.0 Å². The van der Waals surface area contributed by atoms with E-state index in [0.29, 0.717) is 0 Å². The summed E-state index contributed by atoms with van der Waals surface area (Å²) >= 11 is 13.8. The first-order chi connectivity index (χ1) is 8.36. The molecule has 0 aliphatic carbocycles. The molecule has 0 N–H and O–H groups in total. The number of halogens is 2. The minimum atomic E-state index is -2.44. The lowest BCUT2D eigenvalue weighted by atomic mass is 10.4. The predicted octanol–water partition coefficient (Wildman–Crippen LogP) is 5.16. The third-order valence-corrected chi connectivity index (χ3v) is 26.1. The van der Waals surface area contributed by atoms with Gasteiger partial charge in [0.05, 0.1) is 16.1 Å². The summed E-state index contributed by atoms with van der Waals surface area (Å²) in [7, 11) is -3.30. The molecule has 1 heterocycles. The van der Waals surface area contributed by atoms with Gasteiger partial charge in [-0.25, -0.2) is 0 Å². The van der Waals surface area contributed by atoms with Crippen LogP contribution in [0.3, 0.4) is 0 Å². The van der Waals surface area contributed by atoms with Crippen LogP contribution in [0.4, 0.5) is 0 Å². The third kappa shape index (κ3) is 2.88. The van der Waals surface area contributed by atoms with Crippen molar-refractivity contribution in [1.29, 1.82) is 0 Å². The first-order valence-electron chi connectivity index (χ1n) is 6.65. The van der Waals surface area contributed by atoms with Gasteiger partial charge in [0.15, 0.2) is 0 Å². The van der Waals surface area contributed by atoms with Crippen molar-refractivity contribution in [3.63, 3.8) is 0 Å². The van der Waals surface area contributed by atoms with Crippen molar-refractivity contribution in [2.45, 2.75) is 50.1 Å². The zero-order chi connectivity index (χ0) is 15.1. The molecule has 19 heavy (non-hydrogen) atoms. The molecule has 0 amide bonds. The maximum absolute atomic E-state index is 6.89. The second-order valence-corrected chi connectivity index (χ2v) is 27.0. The second-order valence-electron chi connectivity index (χ2n) is 7.35. The third-order valence-electron chi connectivity index (χ3n) is 3.96. The Morgan fingerprint density at radius 2 is 1.37 bits per heavy atom. The Hall–Kier alpha value is 0.381. The van der Waals surface area contributed by atoms with E-state index in [1.165, 1.54) is 0 Å². The van der Waals surface area contributed by atoms with Gasteiger partial charge in [-0.05, 0) is 18.7 Å². The molecule has 0 saturated heterocycles. The summed E-state index contributed by atoms with van der Waals surface area (Å²) < 4.78 is -0.0582. The first kappa shape index (κ1) is 17.4. The van der Waals surface area contributed by atoms with Gasteiger partial charge in [0, 0.05) is 16.2 Å². The van der Waals surface area contributed by atoms with Gasteiger partial charge in [0.2, 0.25) is 0 Å². The molecule has 1 rings (SSSR count). The summed E-state index contributed by atoms with van der Waals surface area (Å²) in [6.07, 6.45) is 1.87. The van der Waals surface area contributed by atoms with Gasteiger partial charge in [0.25, 0.3) is 6.69 Å². The molecule has 6 heteroatoms. The quantitative estimate of drug-likeness (QED) is 0.540. The lowest BCUT2D eigenvalue weighted by Gasteiger charge is -2.55. The molecule has 1 aromatic rings. The summed E-state index contributed by atoms with van der Waals surface area (Å²) in [5.41, 5.74) is 1.13. The summed E-state index contributed by atoms with van der Waals surface area (Å²) in [5, 5.41) is 0. The molecule has 0 aromatic carbocycles. The summed E-state index contributed by atoms with van der Waals surface area (Å²) in [6, 6.07) is 6.15. The number of nitrogens with zero attached hydrogens (tertiary/aromatic N) is 1. The van der Waals surface area contributed by atoms with Crippen molar-refractivity contribution in [1.82, 2.24) is 4.98 Å².